The molecule has 2 aliphatic carbocycles. The van der Waals surface area contributed by atoms with Crippen molar-refractivity contribution < 1.29 is 8.42 Å². The normalized spacial score (nSPS) is 25.7. The van der Waals surface area contributed by atoms with Gasteiger partial charge >= 0.3 is 5.69 Å². The van der Waals surface area contributed by atoms with Gasteiger partial charge in [-0.2, -0.15) is 0 Å². The lowest BCUT2D eigenvalue weighted by molar-refractivity contribution is 0.333. The molecule has 2 saturated carbocycles. The van der Waals surface area contributed by atoms with Crippen LogP contribution in [-0.4, -0.2) is 24.5 Å². The summed E-state index contributed by atoms with van der Waals surface area (Å²) in [5.74, 6) is 1.82. The van der Waals surface area contributed by atoms with Gasteiger partial charge in [0.15, 0.2) is 0 Å². The molecule has 2 aromatic rings. The molecule has 0 aliphatic heterocycles. The van der Waals surface area contributed by atoms with Crippen LogP contribution in [0.3, 0.4) is 0 Å². The number of sulfonamides is 1. The second-order valence-electron chi connectivity index (χ2n) is 7.29. The van der Waals surface area contributed by atoms with Gasteiger partial charge < -0.3 is 4.98 Å². The van der Waals surface area contributed by atoms with Crippen molar-refractivity contribution >= 4 is 20.9 Å². The maximum absolute atomic E-state index is 12.6. The number of rotatable bonds is 4. The van der Waals surface area contributed by atoms with Crippen LogP contribution in [0, 0.1) is 17.8 Å². The van der Waals surface area contributed by atoms with Crippen LogP contribution in [-0.2, 0) is 17.1 Å². The Hall–Kier alpha value is -1.93. The number of aromatic nitrogens is 2. The number of H-pyrrole nitrogens is 1. The van der Waals surface area contributed by atoms with Gasteiger partial charge in [-0.1, -0.05) is 6.42 Å². The topological polar surface area (TPSA) is 101 Å². The molecule has 2 aliphatic rings. The van der Waals surface area contributed by atoms with Crippen molar-refractivity contribution in [3.63, 3.8) is 0 Å². The minimum absolute atomic E-state index is 0.0484. The Kier molecular flexibility index (Phi) is 3.84. The molecule has 0 spiro atoms. The summed E-state index contributed by atoms with van der Waals surface area (Å²) in [6, 6.07) is 4.21. The second-order valence-corrected chi connectivity index (χ2v) is 9.06. The van der Waals surface area contributed by atoms with E-state index >= 15 is 0 Å². The highest BCUT2D eigenvalue weighted by molar-refractivity contribution is 7.89. The fourth-order valence-corrected chi connectivity index (χ4v) is 5.50. The van der Waals surface area contributed by atoms with E-state index in [9.17, 15) is 18.0 Å². The number of fused-ring (bicyclic) bond motifs is 3. The molecule has 1 aromatic heterocycles. The minimum atomic E-state index is -3.69. The Morgan fingerprint density at radius 2 is 2.04 bits per heavy atom. The second kappa shape index (κ2) is 5.81. The molecule has 2 N–H and O–H groups in total. The highest BCUT2D eigenvalue weighted by Gasteiger charge is 2.39. The summed E-state index contributed by atoms with van der Waals surface area (Å²) in [7, 11) is -2.33. The summed E-state index contributed by atoms with van der Waals surface area (Å²) in [4.78, 5) is 26.4. The third-order valence-corrected chi connectivity index (χ3v) is 7.22. The molecule has 4 rings (SSSR count). The van der Waals surface area contributed by atoms with E-state index in [1.165, 1.54) is 44.5 Å². The van der Waals surface area contributed by atoms with Crippen molar-refractivity contribution in [2.24, 2.45) is 24.8 Å². The number of nitrogens with one attached hydrogen (secondary N) is 2. The van der Waals surface area contributed by atoms with Gasteiger partial charge in [-0.3, -0.25) is 9.36 Å². The molecular formula is C17H21N3O4S. The van der Waals surface area contributed by atoms with Gasteiger partial charge in [0.2, 0.25) is 10.0 Å². The minimum Gasteiger partial charge on any atom is -0.307 e. The molecule has 7 nitrogen and oxygen atoms in total. The van der Waals surface area contributed by atoms with Gasteiger partial charge in [0.25, 0.3) is 5.56 Å². The number of nitrogens with zero attached hydrogens (tertiary/aromatic N) is 1. The van der Waals surface area contributed by atoms with E-state index in [2.05, 4.69) is 9.71 Å². The van der Waals surface area contributed by atoms with Crippen LogP contribution < -0.4 is 16.0 Å². The molecule has 0 unspecified atom stereocenters. The number of hydrogen-bond acceptors (Lipinski definition) is 4. The lowest BCUT2D eigenvalue weighted by atomic mass is 9.89. The Morgan fingerprint density at radius 3 is 2.72 bits per heavy atom. The van der Waals surface area contributed by atoms with E-state index in [1.807, 2.05) is 0 Å². The van der Waals surface area contributed by atoms with Crippen LogP contribution >= 0.6 is 0 Å². The molecule has 1 heterocycles. The zero-order valence-electron chi connectivity index (χ0n) is 14.0. The van der Waals surface area contributed by atoms with Crippen LogP contribution in [0.25, 0.3) is 10.9 Å². The van der Waals surface area contributed by atoms with Gasteiger partial charge in [0, 0.05) is 13.6 Å². The maximum Gasteiger partial charge on any atom is 0.328 e. The third-order valence-electron chi connectivity index (χ3n) is 5.80. The van der Waals surface area contributed by atoms with E-state index in [-0.39, 0.29) is 10.3 Å². The quantitative estimate of drug-likeness (QED) is 0.844. The van der Waals surface area contributed by atoms with Gasteiger partial charge in [-0.15, -0.1) is 0 Å². The van der Waals surface area contributed by atoms with Crippen molar-refractivity contribution in [3.8, 4) is 0 Å². The first kappa shape index (κ1) is 16.5. The number of benzene rings is 1. The molecule has 8 heteroatoms. The van der Waals surface area contributed by atoms with Crippen LogP contribution in [0.4, 0.5) is 0 Å². The Bertz CT molecular complexity index is 1050. The van der Waals surface area contributed by atoms with E-state index in [0.29, 0.717) is 23.9 Å². The average Bonchev–Trinajstić information content (AvgIpc) is 3.21. The molecule has 1 aromatic carbocycles. The van der Waals surface area contributed by atoms with Gasteiger partial charge in [0.05, 0.1) is 15.8 Å². The largest absolute Gasteiger partial charge is 0.328 e. The number of aromatic amines is 1. The van der Waals surface area contributed by atoms with Crippen molar-refractivity contribution in [2.75, 3.05) is 6.54 Å². The van der Waals surface area contributed by atoms with E-state index in [1.54, 1.807) is 0 Å². The van der Waals surface area contributed by atoms with Crippen LogP contribution in [0.2, 0.25) is 0 Å². The SMILES string of the molecule is Cn1c(=O)[nH]c2ccc(S(=O)(=O)NC[C@H]3C[C@H]4CC[C@H]3C4)cc2c1=O. The monoisotopic (exact) mass is 363 g/mol. The summed E-state index contributed by atoms with van der Waals surface area (Å²) in [6.45, 7) is 0.450. The van der Waals surface area contributed by atoms with Crippen molar-refractivity contribution in [1.29, 1.82) is 0 Å². The predicted octanol–water partition coefficient (Wildman–Crippen LogP) is 0.941. The molecule has 0 saturated heterocycles. The Labute approximate surface area is 145 Å². The first-order valence-electron chi connectivity index (χ1n) is 8.58. The standard InChI is InChI=1S/C17H21N3O4S/c1-20-16(21)14-8-13(4-5-15(14)19-17(20)22)25(23,24)18-9-12-7-10-2-3-11(12)6-10/h4-5,8,10-12,18H,2-3,6-7,9H2,1H3,(H,19,22)/t10-,11-,12+/m0/s1. The molecule has 2 fully saturated rings. The third kappa shape index (κ3) is 2.83. The molecule has 134 valence electrons. The fraction of sp³-hybridized carbons (Fsp3) is 0.529. The highest BCUT2D eigenvalue weighted by Crippen LogP contribution is 2.48. The van der Waals surface area contributed by atoms with Crippen LogP contribution in [0.1, 0.15) is 25.7 Å². The lowest BCUT2D eigenvalue weighted by Crippen LogP contribution is -2.33. The van der Waals surface area contributed by atoms with E-state index in [4.69, 9.17) is 0 Å². The predicted molar refractivity (Wildman–Crippen MR) is 93.9 cm³/mol. The molecule has 25 heavy (non-hydrogen) atoms. The van der Waals surface area contributed by atoms with Gasteiger partial charge in [-0.05, 0) is 55.2 Å². The lowest BCUT2D eigenvalue weighted by Gasteiger charge is -2.21. The zero-order valence-corrected chi connectivity index (χ0v) is 14.8. The van der Waals surface area contributed by atoms with Crippen molar-refractivity contribution in [1.82, 2.24) is 14.3 Å². The molecule has 0 radical (unpaired) electrons. The van der Waals surface area contributed by atoms with Crippen molar-refractivity contribution in [2.45, 2.75) is 30.6 Å². The van der Waals surface area contributed by atoms with Crippen LogP contribution in [0.5, 0.6) is 0 Å². The molecule has 0 amide bonds. The molecular weight excluding hydrogens is 342 g/mol. The summed E-state index contributed by atoms with van der Waals surface area (Å²) < 4.78 is 28.9. The summed E-state index contributed by atoms with van der Waals surface area (Å²) in [5.41, 5.74) is -0.702. The van der Waals surface area contributed by atoms with Gasteiger partial charge in [-0.25, -0.2) is 17.9 Å². The summed E-state index contributed by atoms with van der Waals surface area (Å²) in [6.07, 6.45) is 4.81. The Morgan fingerprint density at radius 1 is 1.24 bits per heavy atom. The summed E-state index contributed by atoms with van der Waals surface area (Å²) in [5, 5.41) is 0.185. The first-order valence-corrected chi connectivity index (χ1v) is 10.1. The van der Waals surface area contributed by atoms with Gasteiger partial charge in [0.1, 0.15) is 0 Å². The maximum atomic E-state index is 12.6. The Balaban J connectivity index is 1.61. The van der Waals surface area contributed by atoms with E-state index in [0.717, 1.165) is 16.9 Å². The summed E-state index contributed by atoms with van der Waals surface area (Å²) >= 11 is 0. The molecule has 3 atom stereocenters. The van der Waals surface area contributed by atoms with E-state index < -0.39 is 21.3 Å². The fourth-order valence-electron chi connectivity index (χ4n) is 4.37. The number of hydrogen-bond donors (Lipinski definition) is 2. The average molecular weight is 363 g/mol. The van der Waals surface area contributed by atoms with Crippen LogP contribution in [0.15, 0.2) is 32.7 Å². The van der Waals surface area contributed by atoms with Crippen molar-refractivity contribution in [3.05, 3.63) is 39.0 Å². The molecule has 2 bridgehead atoms. The highest BCUT2D eigenvalue weighted by atomic mass is 32.2. The zero-order chi connectivity index (χ0) is 17.8. The first-order chi connectivity index (χ1) is 11.8. The smallest absolute Gasteiger partial charge is 0.307 e.